The molecule has 1 amide bonds. The Hall–Kier alpha value is -2.29. The van der Waals surface area contributed by atoms with Crippen LogP contribution in [0.3, 0.4) is 0 Å². The van der Waals surface area contributed by atoms with Crippen molar-refractivity contribution in [2.24, 2.45) is 0 Å². The maximum Gasteiger partial charge on any atom is 0.243 e. The summed E-state index contributed by atoms with van der Waals surface area (Å²) in [6, 6.07) is 12.9. The van der Waals surface area contributed by atoms with Crippen LogP contribution in [0.25, 0.3) is 10.8 Å². The van der Waals surface area contributed by atoms with Crippen molar-refractivity contribution < 1.29 is 13.2 Å². The standard InChI is InChI=1S/C18H17N3O3S2/c1-12(22)19-18-20-16-8-9-21(11-17(16)25-18)26(23,24)15-7-6-13-4-2-3-5-14(13)10-15/h2-7,10H,8-9,11H2,1H3,(H,19,20,22). The number of carbonyl (C=O) groups excluding carboxylic acids is 1. The highest BCUT2D eigenvalue weighted by Gasteiger charge is 2.30. The molecular formula is C18H17N3O3S2. The Labute approximate surface area is 155 Å². The normalized spacial score (nSPS) is 15.0. The third kappa shape index (κ3) is 3.11. The van der Waals surface area contributed by atoms with E-state index in [1.807, 2.05) is 30.3 Å². The molecule has 6 nitrogen and oxygen atoms in total. The second kappa shape index (κ2) is 6.46. The maximum atomic E-state index is 13.1. The van der Waals surface area contributed by atoms with E-state index in [2.05, 4.69) is 10.3 Å². The van der Waals surface area contributed by atoms with Crippen LogP contribution in [0.5, 0.6) is 0 Å². The van der Waals surface area contributed by atoms with E-state index in [1.165, 1.54) is 22.6 Å². The number of nitrogens with one attached hydrogen (secondary N) is 1. The van der Waals surface area contributed by atoms with Gasteiger partial charge in [-0.25, -0.2) is 13.4 Å². The first-order valence-electron chi connectivity index (χ1n) is 8.18. The molecule has 3 aromatic rings. The van der Waals surface area contributed by atoms with E-state index < -0.39 is 10.0 Å². The number of hydrogen-bond donors (Lipinski definition) is 1. The van der Waals surface area contributed by atoms with Crippen LogP contribution in [0.2, 0.25) is 0 Å². The third-order valence-electron chi connectivity index (χ3n) is 4.34. The van der Waals surface area contributed by atoms with Crippen molar-refractivity contribution in [3.63, 3.8) is 0 Å². The van der Waals surface area contributed by atoms with Gasteiger partial charge < -0.3 is 5.32 Å². The van der Waals surface area contributed by atoms with Gasteiger partial charge in [-0.2, -0.15) is 4.31 Å². The number of nitrogens with zero attached hydrogens (tertiary/aromatic N) is 2. The Morgan fingerprint density at radius 1 is 1.19 bits per heavy atom. The van der Waals surface area contributed by atoms with E-state index in [9.17, 15) is 13.2 Å². The van der Waals surface area contributed by atoms with Gasteiger partial charge in [0.05, 0.1) is 17.1 Å². The zero-order chi connectivity index (χ0) is 18.3. The van der Waals surface area contributed by atoms with Gasteiger partial charge in [0.25, 0.3) is 0 Å². The van der Waals surface area contributed by atoms with Gasteiger partial charge in [0, 0.05) is 24.8 Å². The van der Waals surface area contributed by atoms with Crippen molar-refractivity contribution >= 4 is 43.2 Å². The monoisotopic (exact) mass is 387 g/mol. The van der Waals surface area contributed by atoms with Gasteiger partial charge in [-0.1, -0.05) is 30.3 Å². The van der Waals surface area contributed by atoms with E-state index in [1.54, 1.807) is 12.1 Å². The Morgan fingerprint density at radius 3 is 2.73 bits per heavy atom. The molecule has 2 aromatic carbocycles. The van der Waals surface area contributed by atoms with Gasteiger partial charge in [-0.3, -0.25) is 4.79 Å². The third-order valence-corrected chi connectivity index (χ3v) is 7.18. The molecule has 0 spiro atoms. The fourth-order valence-corrected chi connectivity index (χ4v) is 5.65. The van der Waals surface area contributed by atoms with E-state index in [0.29, 0.717) is 23.0 Å². The SMILES string of the molecule is CC(=O)Nc1nc2c(s1)CN(S(=O)(=O)c1ccc3ccccc3c1)CC2. The zero-order valence-electron chi connectivity index (χ0n) is 14.1. The number of amides is 1. The first-order valence-corrected chi connectivity index (χ1v) is 10.4. The zero-order valence-corrected chi connectivity index (χ0v) is 15.7. The van der Waals surface area contributed by atoms with Crippen LogP contribution in [0.15, 0.2) is 47.4 Å². The molecule has 26 heavy (non-hydrogen) atoms. The minimum atomic E-state index is -3.59. The van der Waals surface area contributed by atoms with Gasteiger partial charge in [-0.05, 0) is 22.9 Å². The molecule has 2 heterocycles. The molecule has 0 aliphatic carbocycles. The van der Waals surface area contributed by atoms with Crippen molar-refractivity contribution in [2.75, 3.05) is 11.9 Å². The predicted octanol–water partition coefficient (Wildman–Crippen LogP) is 3.00. The lowest BCUT2D eigenvalue weighted by atomic mass is 10.1. The molecule has 134 valence electrons. The number of aromatic nitrogens is 1. The molecule has 1 aliphatic heterocycles. The van der Waals surface area contributed by atoms with Crippen LogP contribution >= 0.6 is 11.3 Å². The molecule has 0 atom stereocenters. The number of sulfonamides is 1. The largest absolute Gasteiger partial charge is 0.302 e. The quantitative estimate of drug-likeness (QED) is 0.749. The van der Waals surface area contributed by atoms with Crippen LogP contribution < -0.4 is 5.32 Å². The van der Waals surface area contributed by atoms with Gasteiger partial charge in [-0.15, -0.1) is 11.3 Å². The highest BCUT2D eigenvalue weighted by Crippen LogP contribution is 2.31. The summed E-state index contributed by atoms with van der Waals surface area (Å²) in [4.78, 5) is 16.8. The molecular weight excluding hydrogens is 370 g/mol. The highest BCUT2D eigenvalue weighted by atomic mass is 32.2. The summed E-state index contributed by atoms with van der Waals surface area (Å²) in [5.74, 6) is -0.184. The second-order valence-electron chi connectivity index (χ2n) is 6.17. The van der Waals surface area contributed by atoms with Crippen LogP contribution in [0, 0.1) is 0 Å². The first kappa shape index (κ1) is 17.1. The molecule has 0 saturated carbocycles. The van der Waals surface area contributed by atoms with Gasteiger partial charge in [0.2, 0.25) is 15.9 Å². The van der Waals surface area contributed by atoms with Crippen molar-refractivity contribution in [3.8, 4) is 0 Å². The van der Waals surface area contributed by atoms with Gasteiger partial charge in [0.15, 0.2) is 5.13 Å². The van der Waals surface area contributed by atoms with Crippen LogP contribution in [-0.2, 0) is 27.8 Å². The number of anilines is 1. The summed E-state index contributed by atoms with van der Waals surface area (Å²) in [5, 5.41) is 5.10. The van der Waals surface area contributed by atoms with Crippen molar-refractivity contribution in [3.05, 3.63) is 53.0 Å². The van der Waals surface area contributed by atoms with Crippen LogP contribution in [-0.4, -0.2) is 30.2 Å². The predicted molar refractivity (Wildman–Crippen MR) is 102 cm³/mol. The summed E-state index contributed by atoms with van der Waals surface area (Å²) in [6.45, 7) is 2.09. The fraction of sp³-hybridized carbons (Fsp3) is 0.222. The molecule has 8 heteroatoms. The Balaban J connectivity index is 1.64. The van der Waals surface area contributed by atoms with Gasteiger partial charge in [0.1, 0.15) is 0 Å². The second-order valence-corrected chi connectivity index (χ2v) is 9.19. The Kier molecular flexibility index (Phi) is 4.26. The molecule has 4 rings (SSSR count). The van der Waals surface area contributed by atoms with Crippen molar-refractivity contribution in [2.45, 2.75) is 24.8 Å². The fourth-order valence-electron chi connectivity index (χ4n) is 3.06. The van der Waals surface area contributed by atoms with Gasteiger partial charge >= 0.3 is 0 Å². The van der Waals surface area contributed by atoms with Crippen molar-refractivity contribution in [1.82, 2.24) is 9.29 Å². The number of fused-ring (bicyclic) bond motifs is 2. The average Bonchev–Trinajstić information content (AvgIpc) is 3.01. The number of rotatable bonds is 3. The molecule has 0 fully saturated rings. The molecule has 0 unspecified atom stereocenters. The average molecular weight is 387 g/mol. The number of carbonyl (C=O) groups is 1. The first-order chi connectivity index (χ1) is 12.4. The van der Waals surface area contributed by atoms with E-state index in [4.69, 9.17) is 0 Å². The van der Waals surface area contributed by atoms with E-state index >= 15 is 0 Å². The highest BCUT2D eigenvalue weighted by molar-refractivity contribution is 7.89. The van der Waals surface area contributed by atoms with Crippen LogP contribution in [0.4, 0.5) is 5.13 Å². The lowest BCUT2D eigenvalue weighted by Gasteiger charge is -2.25. The summed E-state index contributed by atoms with van der Waals surface area (Å²) in [5.41, 5.74) is 0.865. The molecule has 1 N–H and O–H groups in total. The molecule has 0 radical (unpaired) electrons. The van der Waals surface area contributed by atoms with E-state index in [-0.39, 0.29) is 12.5 Å². The molecule has 1 aromatic heterocycles. The summed E-state index contributed by atoms with van der Waals surface area (Å²) < 4.78 is 27.6. The maximum absolute atomic E-state index is 13.1. The minimum Gasteiger partial charge on any atom is -0.302 e. The topological polar surface area (TPSA) is 79.4 Å². The van der Waals surface area contributed by atoms with Crippen LogP contribution in [0.1, 0.15) is 17.5 Å². The Bertz CT molecular complexity index is 1110. The number of thiazole rings is 1. The smallest absolute Gasteiger partial charge is 0.243 e. The minimum absolute atomic E-state index is 0.184. The number of benzene rings is 2. The Morgan fingerprint density at radius 2 is 1.96 bits per heavy atom. The van der Waals surface area contributed by atoms with E-state index in [0.717, 1.165) is 21.3 Å². The molecule has 0 saturated heterocycles. The summed E-state index contributed by atoms with van der Waals surface area (Å²) in [6.07, 6.45) is 0.540. The number of hydrogen-bond acceptors (Lipinski definition) is 5. The van der Waals surface area contributed by atoms with Crippen molar-refractivity contribution in [1.29, 1.82) is 0 Å². The summed E-state index contributed by atoms with van der Waals surface area (Å²) in [7, 11) is -3.59. The molecule has 1 aliphatic rings. The summed E-state index contributed by atoms with van der Waals surface area (Å²) >= 11 is 1.33. The molecule has 0 bridgehead atoms. The lowest BCUT2D eigenvalue weighted by Crippen LogP contribution is -2.35. The lowest BCUT2D eigenvalue weighted by molar-refractivity contribution is -0.114.